The molecular formula is C13H20N4O. The van der Waals surface area contributed by atoms with E-state index in [9.17, 15) is 4.79 Å². The summed E-state index contributed by atoms with van der Waals surface area (Å²) in [5, 5.41) is 2.97. The lowest BCUT2D eigenvalue weighted by molar-refractivity contribution is 0.0945. The average molecular weight is 248 g/mol. The second kappa shape index (κ2) is 4.94. The highest BCUT2D eigenvalue weighted by Gasteiger charge is 2.40. The highest BCUT2D eigenvalue weighted by molar-refractivity contribution is 5.99. The van der Waals surface area contributed by atoms with Crippen LogP contribution in [0.25, 0.3) is 0 Å². The van der Waals surface area contributed by atoms with Gasteiger partial charge >= 0.3 is 0 Å². The molecule has 0 aliphatic heterocycles. The summed E-state index contributed by atoms with van der Waals surface area (Å²) in [7, 11) is 0. The van der Waals surface area contributed by atoms with Crippen molar-refractivity contribution in [3.05, 3.63) is 23.5 Å². The summed E-state index contributed by atoms with van der Waals surface area (Å²) in [6.45, 7) is 4.76. The molecule has 1 aliphatic rings. The summed E-state index contributed by atoms with van der Waals surface area (Å²) < 4.78 is 0. The molecule has 0 saturated heterocycles. The summed E-state index contributed by atoms with van der Waals surface area (Å²) in [5.74, 6) is 5.30. The van der Waals surface area contributed by atoms with E-state index in [2.05, 4.69) is 22.7 Å². The van der Waals surface area contributed by atoms with Crippen LogP contribution in [-0.2, 0) is 0 Å². The van der Waals surface area contributed by atoms with Crippen LogP contribution in [0.4, 0.5) is 5.69 Å². The van der Waals surface area contributed by atoms with E-state index in [-0.39, 0.29) is 5.91 Å². The molecule has 0 radical (unpaired) electrons. The molecule has 1 aromatic heterocycles. The van der Waals surface area contributed by atoms with Gasteiger partial charge in [0.1, 0.15) is 0 Å². The van der Waals surface area contributed by atoms with Crippen molar-refractivity contribution >= 4 is 11.6 Å². The van der Waals surface area contributed by atoms with Gasteiger partial charge in [0.25, 0.3) is 5.91 Å². The lowest BCUT2D eigenvalue weighted by Crippen LogP contribution is -2.31. The summed E-state index contributed by atoms with van der Waals surface area (Å²) in [6, 6.07) is 1.77. The van der Waals surface area contributed by atoms with Crippen molar-refractivity contribution in [2.75, 3.05) is 12.0 Å². The molecule has 1 fully saturated rings. The third kappa shape index (κ3) is 2.61. The summed E-state index contributed by atoms with van der Waals surface area (Å²) in [5.41, 5.74) is 4.81. The first-order chi connectivity index (χ1) is 8.60. The van der Waals surface area contributed by atoms with Gasteiger partial charge in [-0.3, -0.25) is 15.6 Å². The molecule has 1 amide bonds. The molecule has 0 spiro atoms. The molecule has 1 aliphatic carbocycles. The Morgan fingerprint density at radius 1 is 1.56 bits per heavy atom. The van der Waals surface area contributed by atoms with Crippen molar-refractivity contribution in [3.63, 3.8) is 0 Å². The van der Waals surface area contributed by atoms with Gasteiger partial charge in [0.2, 0.25) is 0 Å². The maximum atomic E-state index is 12.1. The van der Waals surface area contributed by atoms with Crippen LogP contribution in [0.1, 0.15) is 42.2 Å². The van der Waals surface area contributed by atoms with Gasteiger partial charge in [-0.2, -0.15) is 0 Å². The largest absolute Gasteiger partial charge is 0.351 e. The van der Waals surface area contributed by atoms with E-state index < -0.39 is 0 Å². The lowest BCUT2D eigenvalue weighted by Gasteiger charge is -2.14. The monoisotopic (exact) mass is 248 g/mol. The number of aryl methyl sites for hydroxylation is 1. The lowest BCUT2D eigenvalue weighted by atomic mass is 10.0. The van der Waals surface area contributed by atoms with Crippen LogP contribution in [-0.4, -0.2) is 17.4 Å². The normalized spacial score (nSPS) is 16.2. The Bertz CT molecular complexity index is 454. The van der Waals surface area contributed by atoms with Crippen molar-refractivity contribution in [3.8, 4) is 0 Å². The highest BCUT2D eigenvalue weighted by atomic mass is 16.1. The van der Waals surface area contributed by atoms with Gasteiger partial charge in [-0.15, -0.1) is 0 Å². The highest BCUT2D eigenvalue weighted by Crippen LogP contribution is 2.47. The van der Waals surface area contributed by atoms with E-state index >= 15 is 0 Å². The van der Waals surface area contributed by atoms with Crippen LogP contribution in [0.3, 0.4) is 0 Å². The zero-order valence-corrected chi connectivity index (χ0v) is 10.9. The molecule has 0 bridgehead atoms. The van der Waals surface area contributed by atoms with Crippen LogP contribution < -0.4 is 16.6 Å². The maximum absolute atomic E-state index is 12.1. The van der Waals surface area contributed by atoms with Crippen LogP contribution in [0.15, 0.2) is 12.3 Å². The van der Waals surface area contributed by atoms with Gasteiger partial charge in [-0.25, -0.2) is 0 Å². The maximum Gasteiger partial charge on any atom is 0.255 e. The molecule has 98 valence electrons. The number of pyridine rings is 1. The van der Waals surface area contributed by atoms with E-state index in [0.29, 0.717) is 16.7 Å². The topological polar surface area (TPSA) is 80.0 Å². The molecular weight excluding hydrogens is 228 g/mol. The van der Waals surface area contributed by atoms with Gasteiger partial charge in [0, 0.05) is 18.4 Å². The van der Waals surface area contributed by atoms with Crippen molar-refractivity contribution in [2.24, 2.45) is 11.3 Å². The molecule has 0 unspecified atom stereocenters. The molecule has 0 aromatic carbocycles. The zero-order valence-electron chi connectivity index (χ0n) is 10.9. The Labute approximate surface area is 107 Å². The van der Waals surface area contributed by atoms with Crippen LogP contribution in [0.2, 0.25) is 0 Å². The van der Waals surface area contributed by atoms with Crippen molar-refractivity contribution in [1.82, 2.24) is 10.3 Å². The van der Waals surface area contributed by atoms with Gasteiger partial charge in [0.15, 0.2) is 0 Å². The van der Waals surface area contributed by atoms with Gasteiger partial charge < -0.3 is 10.7 Å². The molecule has 5 nitrogen and oxygen atoms in total. The molecule has 1 heterocycles. The third-order valence-corrected chi connectivity index (χ3v) is 3.77. The SMILES string of the molecule is CCC1(CNC(=O)c2cnc(C)cc2NN)CC1. The number of nitrogens with one attached hydrogen (secondary N) is 2. The molecule has 18 heavy (non-hydrogen) atoms. The fraction of sp³-hybridized carbons (Fsp3) is 0.538. The van der Waals surface area contributed by atoms with E-state index in [1.54, 1.807) is 12.3 Å². The number of nitrogens with zero attached hydrogens (tertiary/aromatic N) is 1. The Morgan fingerprint density at radius 2 is 2.28 bits per heavy atom. The molecule has 4 N–H and O–H groups in total. The predicted octanol–water partition coefficient (Wildman–Crippen LogP) is 1.60. The number of hydrazine groups is 1. The number of rotatable bonds is 5. The van der Waals surface area contributed by atoms with Gasteiger partial charge in [-0.05, 0) is 37.7 Å². The minimum absolute atomic E-state index is 0.116. The number of nitrogen functional groups attached to an aromatic ring is 1. The first-order valence-electron chi connectivity index (χ1n) is 6.32. The number of aromatic nitrogens is 1. The second-order valence-electron chi connectivity index (χ2n) is 5.05. The van der Waals surface area contributed by atoms with Crippen molar-refractivity contribution in [2.45, 2.75) is 33.1 Å². The molecule has 2 rings (SSSR count). The van der Waals surface area contributed by atoms with Crippen molar-refractivity contribution < 1.29 is 4.79 Å². The van der Waals surface area contributed by atoms with Crippen LogP contribution in [0.5, 0.6) is 0 Å². The van der Waals surface area contributed by atoms with E-state index in [1.807, 2.05) is 6.92 Å². The first-order valence-corrected chi connectivity index (χ1v) is 6.32. The minimum atomic E-state index is -0.116. The van der Waals surface area contributed by atoms with Crippen LogP contribution >= 0.6 is 0 Å². The Balaban J connectivity index is 2.04. The van der Waals surface area contributed by atoms with Crippen LogP contribution in [0, 0.1) is 12.3 Å². The zero-order chi connectivity index (χ0) is 13.2. The Morgan fingerprint density at radius 3 is 2.83 bits per heavy atom. The van der Waals surface area contributed by atoms with Gasteiger partial charge in [0.05, 0.1) is 11.3 Å². The summed E-state index contributed by atoms with van der Waals surface area (Å²) >= 11 is 0. The smallest absolute Gasteiger partial charge is 0.255 e. The average Bonchev–Trinajstić information content (AvgIpc) is 3.16. The summed E-state index contributed by atoms with van der Waals surface area (Å²) in [6.07, 6.45) is 5.09. The second-order valence-corrected chi connectivity index (χ2v) is 5.05. The van der Waals surface area contributed by atoms with E-state index in [4.69, 9.17) is 5.84 Å². The number of hydrogen-bond donors (Lipinski definition) is 3. The standard InChI is InChI=1S/C13H20N4O/c1-3-13(4-5-13)8-16-12(18)10-7-15-9(2)6-11(10)17-14/h6-7H,3-5,8,14H2,1-2H3,(H,15,17)(H,16,18). The number of amides is 1. The van der Waals surface area contributed by atoms with E-state index in [0.717, 1.165) is 18.7 Å². The Hall–Kier alpha value is -1.62. The predicted molar refractivity (Wildman–Crippen MR) is 71.1 cm³/mol. The number of nitrogens with two attached hydrogens (primary N) is 1. The van der Waals surface area contributed by atoms with E-state index in [1.165, 1.54) is 12.8 Å². The summed E-state index contributed by atoms with van der Waals surface area (Å²) in [4.78, 5) is 16.2. The number of hydrogen-bond acceptors (Lipinski definition) is 4. The first kappa shape index (κ1) is 12.8. The minimum Gasteiger partial charge on any atom is -0.351 e. The molecule has 5 heteroatoms. The Kier molecular flexibility index (Phi) is 3.52. The fourth-order valence-corrected chi connectivity index (χ4v) is 2.06. The number of carbonyl (C=O) groups is 1. The fourth-order valence-electron chi connectivity index (χ4n) is 2.06. The quantitative estimate of drug-likeness (QED) is 0.546. The third-order valence-electron chi connectivity index (χ3n) is 3.77. The van der Waals surface area contributed by atoms with Gasteiger partial charge in [-0.1, -0.05) is 6.92 Å². The van der Waals surface area contributed by atoms with Crippen molar-refractivity contribution in [1.29, 1.82) is 0 Å². The molecule has 0 atom stereocenters. The number of carbonyl (C=O) groups excluding carboxylic acids is 1. The molecule has 1 aromatic rings. The molecule has 1 saturated carbocycles. The number of anilines is 1.